The van der Waals surface area contributed by atoms with E-state index >= 15 is 0 Å². The molecule has 1 amide bonds. The molecule has 7 nitrogen and oxygen atoms in total. The van der Waals surface area contributed by atoms with Gasteiger partial charge in [0.1, 0.15) is 5.82 Å². The molecule has 0 bridgehead atoms. The van der Waals surface area contributed by atoms with Crippen molar-refractivity contribution >= 4 is 34.3 Å². The monoisotopic (exact) mass is 432 g/mol. The number of anilines is 2. The first-order chi connectivity index (χ1) is 15.6. The van der Waals surface area contributed by atoms with Gasteiger partial charge in [0, 0.05) is 38.0 Å². The van der Waals surface area contributed by atoms with Gasteiger partial charge >= 0.3 is 5.97 Å². The molecule has 0 spiro atoms. The molecule has 0 atom stereocenters. The number of para-hydroxylation sites is 2. The van der Waals surface area contributed by atoms with Crippen LogP contribution in [0.1, 0.15) is 29.6 Å². The van der Waals surface area contributed by atoms with Crippen LogP contribution in [-0.2, 0) is 4.79 Å². The molecule has 0 unspecified atom stereocenters. The van der Waals surface area contributed by atoms with Gasteiger partial charge in [-0.25, -0.2) is 9.78 Å². The Kier molecular flexibility index (Phi) is 6.97. The Morgan fingerprint density at radius 2 is 1.66 bits per heavy atom. The number of carboxylic acids is 1. The fourth-order valence-corrected chi connectivity index (χ4v) is 4.04. The Balaban J connectivity index is 1.18. The highest BCUT2D eigenvalue weighted by Gasteiger charge is 2.18. The quantitative estimate of drug-likeness (QED) is 0.526. The number of hydrogen-bond donors (Lipinski definition) is 2. The first kappa shape index (κ1) is 21.8. The summed E-state index contributed by atoms with van der Waals surface area (Å²) in [7, 11) is 0. The van der Waals surface area contributed by atoms with Gasteiger partial charge in [-0.2, -0.15) is 0 Å². The molecule has 2 N–H and O–H groups in total. The van der Waals surface area contributed by atoms with Crippen LogP contribution in [0.3, 0.4) is 0 Å². The van der Waals surface area contributed by atoms with Gasteiger partial charge in [-0.3, -0.25) is 9.69 Å². The van der Waals surface area contributed by atoms with Gasteiger partial charge in [0.15, 0.2) is 0 Å². The molecule has 1 fully saturated rings. The van der Waals surface area contributed by atoms with Crippen molar-refractivity contribution in [3.8, 4) is 0 Å². The Morgan fingerprint density at radius 3 is 2.47 bits per heavy atom. The number of nitrogens with zero attached hydrogens (tertiary/aromatic N) is 3. The molecule has 7 heteroatoms. The number of carbonyl (C=O) groups excluding carboxylic acids is 1. The topological polar surface area (TPSA) is 85.8 Å². The summed E-state index contributed by atoms with van der Waals surface area (Å²) in [5, 5.41) is 13.1. The third-order valence-corrected chi connectivity index (χ3v) is 5.84. The van der Waals surface area contributed by atoms with Gasteiger partial charge in [-0.1, -0.05) is 30.3 Å². The number of nitrogens with one attached hydrogen (secondary N) is 1. The Labute approximate surface area is 187 Å². The van der Waals surface area contributed by atoms with Crippen LogP contribution in [0.2, 0.25) is 0 Å². The molecule has 1 saturated heterocycles. The van der Waals surface area contributed by atoms with Crippen LogP contribution in [0.5, 0.6) is 0 Å². The lowest BCUT2D eigenvalue weighted by atomic mass is 10.1. The molecule has 0 radical (unpaired) electrons. The highest BCUT2D eigenvalue weighted by Crippen LogP contribution is 2.19. The van der Waals surface area contributed by atoms with Crippen molar-refractivity contribution in [1.29, 1.82) is 0 Å². The number of amides is 1. The number of rotatable bonds is 8. The predicted molar refractivity (Wildman–Crippen MR) is 126 cm³/mol. The maximum Gasteiger partial charge on any atom is 0.337 e. The van der Waals surface area contributed by atoms with Gasteiger partial charge in [-0.05, 0) is 49.7 Å². The Bertz CT molecular complexity index is 1090. The van der Waals surface area contributed by atoms with E-state index in [0.717, 1.165) is 62.3 Å². The van der Waals surface area contributed by atoms with E-state index in [0.29, 0.717) is 12.1 Å². The summed E-state index contributed by atoms with van der Waals surface area (Å²) in [6, 6.07) is 18.9. The van der Waals surface area contributed by atoms with E-state index in [4.69, 9.17) is 4.98 Å². The minimum absolute atomic E-state index is 0.111. The van der Waals surface area contributed by atoms with Crippen LogP contribution in [0.25, 0.3) is 10.9 Å². The average molecular weight is 433 g/mol. The number of carbonyl (C=O) groups is 2. The molecule has 1 aliphatic heterocycles. The molecule has 32 heavy (non-hydrogen) atoms. The zero-order valence-electron chi connectivity index (χ0n) is 18.0. The lowest BCUT2D eigenvalue weighted by Gasteiger charge is -2.35. The van der Waals surface area contributed by atoms with Gasteiger partial charge in [0.25, 0.3) is 0 Å². The number of fused-ring (bicyclic) bond motifs is 1. The smallest absolute Gasteiger partial charge is 0.337 e. The minimum Gasteiger partial charge on any atom is -0.478 e. The second-order valence-electron chi connectivity index (χ2n) is 8.05. The molecule has 2 heterocycles. The number of hydrogen-bond acceptors (Lipinski definition) is 5. The maximum atomic E-state index is 12.2. The van der Waals surface area contributed by atoms with Crippen molar-refractivity contribution in [2.24, 2.45) is 0 Å². The van der Waals surface area contributed by atoms with Gasteiger partial charge in [-0.15, -0.1) is 0 Å². The summed E-state index contributed by atoms with van der Waals surface area (Å²) >= 11 is 0. The first-order valence-corrected chi connectivity index (χ1v) is 11.1. The molecular formula is C25H28N4O3. The molecular weight excluding hydrogens is 404 g/mol. The molecule has 4 rings (SSSR count). The highest BCUT2D eigenvalue weighted by atomic mass is 16.4. The lowest BCUT2D eigenvalue weighted by molar-refractivity contribution is -0.116. The Morgan fingerprint density at radius 1 is 0.906 bits per heavy atom. The molecule has 3 aromatic rings. The van der Waals surface area contributed by atoms with Crippen LogP contribution in [0, 0.1) is 0 Å². The van der Waals surface area contributed by atoms with Crippen LogP contribution in [-0.4, -0.2) is 59.6 Å². The van der Waals surface area contributed by atoms with Crippen molar-refractivity contribution < 1.29 is 14.7 Å². The standard InChI is InChI=1S/C25H28N4O3/c30-24(27-22-10-4-2-8-20(22)25(31)32)11-5-6-14-28-15-17-29(18-16-28)23-13-12-19-7-1-3-9-21(19)26-23/h1-4,7-10,12-13H,5-6,11,14-18H2,(H,27,30)(H,31,32). The normalized spacial score (nSPS) is 14.4. The lowest BCUT2D eigenvalue weighted by Crippen LogP contribution is -2.46. The molecule has 1 aliphatic rings. The molecule has 2 aromatic carbocycles. The van der Waals surface area contributed by atoms with Gasteiger partial charge in [0.2, 0.25) is 5.91 Å². The van der Waals surface area contributed by atoms with Crippen molar-refractivity contribution in [1.82, 2.24) is 9.88 Å². The number of benzene rings is 2. The van der Waals surface area contributed by atoms with E-state index in [-0.39, 0.29) is 11.5 Å². The summed E-state index contributed by atoms with van der Waals surface area (Å²) in [5.74, 6) is -0.161. The summed E-state index contributed by atoms with van der Waals surface area (Å²) < 4.78 is 0. The highest BCUT2D eigenvalue weighted by molar-refractivity contribution is 6.00. The number of piperazine rings is 1. The van der Waals surface area contributed by atoms with E-state index in [2.05, 4.69) is 33.3 Å². The van der Waals surface area contributed by atoms with Crippen molar-refractivity contribution in [3.63, 3.8) is 0 Å². The maximum absolute atomic E-state index is 12.2. The van der Waals surface area contributed by atoms with Crippen molar-refractivity contribution in [3.05, 3.63) is 66.2 Å². The average Bonchev–Trinajstić information content (AvgIpc) is 2.82. The number of aromatic nitrogens is 1. The SMILES string of the molecule is O=C(CCCCN1CCN(c2ccc3ccccc3n2)CC1)Nc1ccccc1C(=O)O. The largest absolute Gasteiger partial charge is 0.478 e. The fourth-order valence-electron chi connectivity index (χ4n) is 4.04. The third-order valence-electron chi connectivity index (χ3n) is 5.84. The number of pyridine rings is 1. The van der Waals surface area contributed by atoms with E-state index in [9.17, 15) is 14.7 Å². The Hall–Kier alpha value is -3.45. The summed E-state index contributed by atoms with van der Waals surface area (Å²) in [6.45, 7) is 4.80. The van der Waals surface area contributed by atoms with E-state index in [1.165, 1.54) is 6.07 Å². The number of carboxylic acid groups (broad SMARTS) is 1. The van der Waals surface area contributed by atoms with Gasteiger partial charge < -0.3 is 15.3 Å². The number of unbranched alkanes of at least 4 members (excludes halogenated alkanes) is 1. The van der Waals surface area contributed by atoms with Crippen molar-refractivity contribution in [2.45, 2.75) is 19.3 Å². The zero-order chi connectivity index (χ0) is 22.3. The van der Waals surface area contributed by atoms with Gasteiger partial charge in [0.05, 0.1) is 16.8 Å². The first-order valence-electron chi connectivity index (χ1n) is 11.1. The van der Waals surface area contributed by atoms with E-state index < -0.39 is 5.97 Å². The molecule has 1 aromatic heterocycles. The third kappa shape index (κ3) is 5.42. The van der Waals surface area contributed by atoms with E-state index in [1.54, 1.807) is 18.2 Å². The molecule has 166 valence electrons. The summed E-state index contributed by atoms with van der Waals surface area (Å²) in [5.41, 5.74) is 1.49. The fraction of sp³-hybridized carbons (Fsp3) is 0.320. The predicted octanol–water partition coefficient (Wildman–Crippen LogP) is 3.86. The summed E-state index contributed by atoms with van der Waals surface area (Å²) in [4.78, 5) is 33.0. The van der Waals surface area contributed by atoms with Crippen molar-refractivity contribution in [2.75, 3.05) is 42.9 Å². The van der Waals surface area contributed by atoms with Crippen LogP contribution >= 0.6 is 0 Å². The molecule has 0 aliphatic carbocycles. The van der Waals surface area contributed by atoms with Crippen LogP contribution in [0.4, 0.5) is 11.5 Å². The second-order valence-corrected chi connectivity index (χ2v) is 8.05. The molecule has 0 saturated carbocycles. The second kappa shape index (κ2) is 10.2. The van der Waals surface area contributed by atoms with Crippen LogP contribution < -0.4 is 10.2 Å². The zero-order valence-corrected chi connectivity index (χ0v) is 18.0. The summed E-state index contributed by atoms with van der Waals surface area (Å²) in [6.07, 6.45) is 2.09. The number of aromatic carboxylic acids is 1. The van der Waals surface area contributed by atoms with E-state index in [1.807, 2.05) is 18.2 Å². The minimum atomic E-state index is -1.04. The van der Waals surface area contributed by atoms with Crippen LogP contribution in [0.15, 0.2) is 60.7 Å².